The third kappa shape index (κ3) is 4.54. The maximum absolute atomic E-state index is 10.7. The predicted octanol–water partition coefficient (Wildman–Crippen LogP) is 1.60. The van der Waals surface area contributed by atoms with Crippen molar-refractivity contribution in [3.8, 4) is 0 Å². The molecule has 0 saturated heterocycles. The van der Waals surface area contributed by atoms with Gasteiger partial charge in [-0.3, -0.25) is 10.1 Å². The number of aliphatic hydroxyl groups is 1. The molecule has 0 amide bonds. The Morgan fingerprint density at radius 2 is 2.17 bits per heavy atom. The van der Waals surface area contributed by atoms with E-state index in [0.717, 1.165) is 6.42 Å². The minimum absolute atomic E-state index is 0.00706. The highest BCUT2D eigenvalue weighted by Gasteiger charge is 2.10. The number of aromatic nitrogens is 1. The molecule has 7 heteroatoms. The van der Waals surface area contributed by atoms with Crippen molar-refractivity contribution in [3.05, 3.63) is 22.2 Å². The maximum Gasteiger partial charge on any atom is 0.276 e. The van der Waals surface area contributed by atoms with Crippen LogP contribution < -0.4 is 10.6 Å². The molecule has 7 nitrogen and oxygen atoms in total. The smallest absolute Gasteiger partial charge is 0.276 e. The van der Waals surface area contributed by atoms with Crippen LogP contribution >= 0.6 is 0 Å². The van der Waals surface area contributed by atoms with Crippen molar-refractivity contribution in [2.75, 3.05) is 24.2 Å². The summed E-state index contributed by atoms with van der Waals surface area (Å²) in [4.78, 5) is 14.4. The fourth-order valence-electron chi connectivity index (χ4n) is 1.45. The first-order chi connectivity index (χ1) is 8.52. The predicted molar refractivity (Wildman–Crippen MR) is 69.8 cm³/mol. The third-order valence-electron chi connectivity index (χ3n) is 2.38. The number of aliphatic hydroxyl groups excluding tert-OH is 1. The fourth-order valence-corrected chi connectivity index (χ4v) is 1.45. The van der Waals surface area contributed by atoms with Crippen LogP contribution in [0.1, 0.15) is 19.8 Å². The number of pyridine rings is 1. The lowest BCUT2D eigenvalue weighted by Gasteiger charge is -2.08. The number of nitrogens with zero attached hydrogens (tertiary/aromatic N) is 2. The van der Waals surface area contributed by atoms with Crippen molar-refractivity contribution < 1.29 is 10.0 Å². The van der Waals surface area contributed by atoms with Gasteiger partial charge in [-0.1, -0.05) is 0 Å². The first-order valence-corrected chi connectivity index (χ1v) is 5.79. The Morgan fingerprint density at radius 1 is 1.50 bits per heavy atom. The zero-order chi connectivity index (χ0) is 13.5. The van der Waals surface area contributed by atoms with Crippen LogP contribution in [0.4, 0.5) is 17.3 Å². The van der Waals surface area contributed by atoms with Crippen LogP contribution in [0.2, 0.25) is 0 Å². The van der Waals surface area contributed by atoms with Crippen LogP contribution in [-0.2, 0) is 0 Å². The van der Waals surface area contributed by atoms with Crippen molar-refractivity contribution in [2.24, 2.45) is 0 Å². The van der Waals surface area contributed by atoms with E-state index in [1.54, 1.807) is 14.0 Å². The summed E-state index contributed by atoms with van der Waals surface area (Å²) in [6.45, 7) is 2.34. The molecular weight excluding hydrogens is 236 g/mol. The van der Waals surface area contributed by atoms with E-state index in [9.17, 15) is 10.1 Å². The zero-order valence-corrected chi connectivity index (χ0v) is 10.5. The second kappa shape index (κ2) is 6.75. The average molecular weight is 254 g/mol. The molecule has 0 fully saturated rings. The van der Waals surface area contributed by atoms with Gasteiger partial charge in [-0.15, -0.1) is 0 Å². The van der Waals surface area contributed by atoms with E-state index in [0.29, 0.717) is 24.6 Å². The molecule has 18 heavy (non-hydrogen) atoms. The van der Waals surface area contributed by atoms with E-state index in [-0.39, 0.29) is 11.8 Å². The van der Waals surface area contributed by atoms with Gasteiger partial charge < -0.3 is 15.7 Å². The van der Waals surface area contributed by atoms with Crippen molar-refractivity contribution >= 4 is 17.3 Å². The Morgan fingerprint density at radius 3 is 2.72 bits per heavy atom. The van der Waals surface area contributed by atoms with Crippen molar-refractivity contribution in [2.45, 2.75) is 25.9 Å². The lowest BCUT2D eigenvalue weighted by Crippen LogP contribution is -2.08. The van der Waals surface area contributed by atoms with Crippen molar-refractivity contribution in [1.82, 2.24) is 4.98 Å². The summed E-state index contributed by atoms with van der Waals surface area (Å²) in [6.07, 6.45) is 1.12. The monoisotopic (exact) mass is 254 g/mol. The van der Waals surface area contributed by atoms with Crippen LogP contribution in [-0.4, -0.2) is 34.7 Å². The highest BCUT2D eigenvalue weighted by Crippen LogP contribution is 2.20. The summed E-state index contributed by atoms with van der Waals surface area (Å²) < 4.78 is 0. The van der Waals surface area contributed by atoms with Gasteiger partial charge in [0.25, 0.3) is 5.69 Å². The SMILES string of the molecule is CNc1cc([N+](=O)[O-])cc(NCCCC(C)O)n1. The molecule has 0 aromatic carbocycles. The van der Waals surface area contributed by atoms with Gasteiger partial charge in [-0.2, -0.15) is 0 Å². The number of anilines is 2. The van der Waals surface area contributed by atoms with E-state index in [1.165, 1.54) is 12.1 Å². The molecule has 3 N–H and O–H groups in total. The second-order valence-electron chi connectivity index (χ2n) is 4.02. The van der Waals surface area contributed by atoms with Gasteiger partial charge in [0.2, 0.25) is 0 Å². The minimum atomic E-state index is -0.455. The second-order valence-corrected chi connectivity index (χ2v) is 4.02. The summed E-state index contributed by atoms with van der Waals surface area (Å²) in [7, 11) is 1.66. The molecule has 0 radical (unpaired) electrons. The van der Waals surface area contributed by atoms with Gasteiger partial charge in [0.15, 0.2) is 0 Å². The molecule has 100 valence electrons. The molecule has 0 aliphatic carbocycles. The standard InChI is InChI=1S/C11H18N4O3/c1-8(16)4-3-5-13-11-7-9(15(17)18)6-10(12-2)14-11/h6-8,16H,3-5H2,1-2H3,(H2,12,13,14). The molecule has 1 rings (SSSR count). The van der Waals surface area contributed by atoms with E-state index in [1.807, 2.05) is 0 Å². The minimum Gasteiger partial charge on any atom is -0.393 e. The highest BCUT2D eigenvalue weighted by atomic mass is 16.6. The zero-order valence-electron chi connectivity index (χ0n) is 10.5. The third-order valence-corrected chi connectivity index (χ3v) is 2.38. The highest BCUT2D eigenvalue weighted by molar-refractivity contribution is 5.54. The Kier molecular flexibility index (Phi) is 5.31. The van der Waals surface area contributed by atoms with Crippen LogP contribution in [0.25, 0.3) is 0 Å². The number of hydrogen-bond donors (Lipinski definition) is 3. The summed E-state index contributed by atoms with van der Waals surface area (Å²) >= 11 is 0. The van der Waals surface area contributed by atoms with E-state index < -0.39 is 4.92 Å². The fraction of sp³-hybridized carbons (Fsp3) is 0.545. The molecule has 0 aliphatic rings. The maximum atomic E-state index is 10.7. The van der Waals surface area contributed by atoms with Gasteiger partial charge >= 0.3 is 0 Å². The Hall–Kier alpha value is -1.89. The average Bonchev–Trinajstić information content (AvgIpc) is 2.34. The van der Waals surface area contributed by atoms with Crippen LogP contribution in [0, 0.1) is 10.1 Å². The molecule has 1 aromatic heterocycles. The molecule has 0 saturated carbocycles. The van der Waals surface area contributed by atoms with E-state index in [4.69, 9.17) is 5.11 Å². The van der Waals surface area contributed by atoms with Crippen LogP contribution in [0.3, 0.4) is 0 Å². The molecular formula is C11H18N4O3. The first kappa shape index (κ1) is 14.2. The lowest BCUT2D eigenvalue weighted by atomic mass is 10.2. The molecule has 1 aromatic rings. The molecule has 1 atom stereocenters. The molecule has 1 heterocycles. The number of rotatable bonds is 7. The number of nitro groups is 1. The van der Waals surface area contributed by atoms with Gasteiger partial charge in [0.1, 0.15) is 11.6 Å². The molecule has 1 unspecified atom stereocenters. The summed E-state index contributed by atoms with van der Waals surface area (Å²) in [5.41, 5.74) is -0.00706. The largest absolute Gasteiger partial charge is 0.393 e. The summed E-state index contributed by atoms with van der Waals surface area (Å²) in [5.74, 6) is 0.904. The Bertz CT molecular complexity index is 409. The van der Waals surface area contributed by atoms with Gasteiger partial charge in [0, 0.05) is 13.6 Å². The Balaban J connectivity index is 2.64. The van der Waals surface area contributed by atoms with Crippen molar-refractivity contribution in [1.29, 1.82) is 0 Å². The van der Waals surface area contributed by atoms with Gasteiger partial charge in [-0.05, 0) is 19.8 Å². The molecule has 0 aliphatic heterocycles. The topological polar surface area (TPSA) is 100 Å². The summed E-state index contributed by atoms with van der Waals surface area (Å²) in [5, 5.41) is 25.6. The van der Waals surface area contributed by atoms with E-state index >= 15 is 0 Å². The quantitative estimate of drug-likeness (QED) is 0.388. The normalized spacial score (nSPS) is 11.9. The number of hydrogen-bond acceptors (Lipinski definition) is 6. The summed E-state index contributed by atoms with van der Waals surface area (Å²) in [6, 6.07) is 2.77. The van der Waals surface area contributed by atoms with Crippen molar-refractivity contribution in [3.63, 3.8) is 0 Å². The number of nitrogens with one attached hydrogen (secondary N) is 2. The van der Waals surface area contributed by atoms with E-state index in [2.05, 4.69) is 15.6 Å². The Labute approximate surface area is 105 Å². The van der Waals surface area contributed by atoms with Gasteiger partial charge in [-0.25, -0.2) is 4.98 Å². The molecule has 0 bridgehead atoms. The first-order valence-electron chi connectivity index (χ1n) is 5.79. The molecule has 0 spiro atoms. The lowest BCUT2D eigenvalue weighted by molar-refractivity contribution is -0.384. The van der Waals surface area contributed by atoms with Crippen LogP contribution in [0.5, 0.6) is 0 Å². The van der Waals surface area contributed by atoms with Crippen LogP contribution in [0.15, 0.2) is 12.1 Å². The van der Waals surface area contributed by atoms with Gasteiger partial charge in [0.05, 0.1) is 23.2 Å².